The van der Waals surface area contributed by atoms with Crippen LogP contribution >= 0.6 is 0 Å². The number of nitro groups is 1. The van der Waals surface area contributed by atoms with E-state index in [9.17, 15) is 34.8 Å². The topological polar surface area (TPSA) is 314 Å². The van der Waals surface area contributed by atoms with Crippen LogP contribution in [0.4, 0.5) is 9.59 Å². The van der Waals surface area contributed by atoms with Crippen LogP contribution < -0.4 is 58.4 Å². The molecule has 2 amide bonds. The number of hydrogen-bond donors (Lipinski definition) is 8. The van der Waals surface area contributed by atoms with Gasteiger partial charge in [-0.3, -0.25) is 26.5 Å². The van der Waals surface area contributed by atoms with Gasteiger partial charge in [-0.15, -0.1) is 0 Å². The molecule has 3 aromatic rings. The van der Waals surface area contributed by atoms with E-state index >= 15 is 0 Å². The van der Waals surface area contributed by atoms with Gasteiger partial charge in [0.25, 0.3) is 0 Å². The molecule has 0 aliphatic carbocycles. The molecule has 0 bridgehead atoms. The molecule has 0 spiro atoms. The van der Waals surface area contributed by atoms with Crippen molar-refractivity contribution in [2.24, 2.45) is 17.2 Å². The average Bonchev–Trinajstić information content (AvgIpc) is 3.80. The number of amides is 2. The fourth-order valence-corrected chi connectivity index (χ4v) is 6.29. The molecule has 3 aromatic carbocycles. The van der Waals surface area contributed by atoms with Crippen LogP contribution in [0.1, 0.15) is 76.5 Å². The lowest BCUT2D eigenvalue weighted by Gasteiger charge is -2.20. The molecule has 330 valence electrons. The van der Waals surface area contributed by atoms with Gasteiger partial charge in [-0.05, 0) is 76.4 Å². The molecule has 11 N–H and O–H groups in total. The molecular weight excluding hydrogens is 801 g/mol. The summed E-state index contributed by atoms with van der Waals surface area (Å²) in [7, 11) is -3.37. The number of ether oxygens (including phenoxy) is 5. The van der Waals surface area contributed by atoms with Crippen LogP contribution in [-0.2, 0) is 23.4 Å². The van der Waals surface area contributed by atoms with E-state index < -0.39 is 62.3 Å². The second-order valence-corrected chi connectivity index (χ2v) is 15.4. The van der Waals surface area contributed by atoms with Gasteiger partial charge in [0.1, 0.15) is 41.3 Å². The molecule has 61 heavy (non-hydrogen) atoms. The van der Waals surface area contributed by atoms with Crippen molar-refractivity contribution in [2.45, 2.75) is 71.1 Å². The van der Waals surface area contributed by atoms with Crippen LogP contribution in [0.3, 0.4) is 0 Å². The molecule has 6 rings (SSSR count). The first kappa shape index (κ1) is 48.5. The van der Waals surface area contributed by atoms with E-state index in [1.165, 1.54) is 0 Å². The molecule has 0 saturated carbocycles. The van der Waals surface area contributed by atoms with Crippen molar-refractivity contribution in [3.8, 4) is 17.2 Å². The Labute approximate surface area is 354 Å². The number of carbonyl (C=O) groups is 2. The predicted octanol–water partition coefficient (Wildman–Crippen LogP) is -0.453. The van der Waals surface area contributed by atoms with Crippen LogP contribution in [0.5, 0.6) is 17.2 Å². The Kier molecular flexibility index (Phi) is 17.2. The number of fused-ring (bicyclic) bond motifs is 3. The van der Waals surface area contributed by atoms with Crippen LogP contribution in [0.25, 0.3) is 0 Å². The third-order valence-corrected chi connectivity index (χ3v) is 8.63. The molecule has 3 atom stereocenters. The highest BCUT2D eigenvalue weighted by Crippen LogP contribution is 2.29. The quantitative estimate of drug-likeness (QED) is 0.0495. The Morgan fingerprint density at radius 2 is 1.00 bits per heavy atom. The van der Waals surface area contributed by atoms with Crippen molar-refractivity contribution in [3.63, 3.8) is 0 Å². The third-order valence-electron chi connectivity index (χ3n) is 8.63. The van der Waals surface area contributed by atoms with Crippen molar-refractivity contribution < 1.29 is 67.2 Å². The highest BCUT2D eigenvalue weighted by molar-refractivity contribution is 6.63. The van der Waals surface area contributed by atoms with E-state index in [4.69, 9.17) is 54.8 Å². The van der Waals surface area contributed by atoms with E-state index in [0.29, 0.717) is 40.0 Å². The maximum absolute atomic E-state index is 11.6. The lowest BCUT2D eigenvalue weighted by molar-refractivity contribution is -0.490. The summed E-state index contributed by atoms with van der Waals surface area (Å²) < 4.78 is 42.2. The number of carbonyl (C=O) groups excluding carboxylic acids is 2. The Morgan fingerprint density at radius 3 is 1.33 bits per heavy atom. The highest BCUT2D eigenvalue weighted by Gasteiger charge is 2.41. The maximum Gasteiger partial charge on any atom is 0.496 e. The summed E-state index contributed by atoms with van der Waals surface area (Å²) in [4.78, 5) is 33.3. The van der Waals surface area contributed by atoms with Crippen molar-refractivity contribution >= 4 is 49.9 Å². The zero-order valence-corrected chi connectivity index (χ0v) is 34.8. The monoisotopic (exact) mass is 854 g/mol. The number of alkyl carbamates (subject to hydrolysis) is 2. The highest BCUT2D eigenvalue weighted by atomic mass is 16.6. The van der Waals surface area contributed by atoms with Gasteiger partial charge in [0.15, 0.2) is 13.5 Å². The first-order valence-corrected chi connectivity index (χ1v) is 19.2. The van der Waals surface area contributed by atoms with Crippen molar-refractivity contribution in [3.05, 3.63) is 81.4 Å². The molecule has 0 aromatic heterocycles. The second-order valence-electron chi connectivity index (χ2n) is 15.4. The minimum atomic E-state index is -1.32. The minimum absolute atomic E-state index is 0.0659. The van der Waals surface area contributed by atoms with Crippen LogP contribution in [0.2, 0.25) is 0 Å². The SMILES string of the molecule is CC(C)(C)OC(=O)NCOc1cccc2c1B(O)OC2CN.CC(C)(C)OC(=O)NCOc1cccc2c1B(O)OC2C[N+](=O)[O-].NCOc1cccc2c1B(O)OC2CN. The summed E-state index contributed by atoms with van der Waals surface area (Å²) in [5.41, 5.74) is 18.9. The summed E-state index contributed by atoms with van der Waals surface area (Å²) in [6, 6.07) is 15.6. The maximum atomic E-state index is 11.6. The molecule has 3 unspecified atom stereocenters. The van der Waals surface area contributed by atoms with E-state index in [-0.39, 0.29) is 44.7 Å². The predicted molar refractivity (Wildman–Crippen MR) is 223 cm³/mol. The Balaban J connectivity index is 0.000000206. The first-order valence-electron chi connectivity index (χ1n) is 19.2. The molecule has 3 aliphatic rings. The van der Waals surface area contributed by atoms with E-state index in [1.807, 2.05) is 18.2 Å². The van der Waals surface area contributed by atoms with Gasteiger partial charge >= 0.3 is 33.5 Å². The fraction of sp³-hybridized carbons (Fsp3) is 0.459. The van der Waals surface area contributed by atoms with Gasteiger partial charge in [0.2, 0.25) is 6.54 Å². The third kappa shape index (κ3) is 13.7. The van der Waals surface area contributed by atoms with Gasteiger partial charge in [0.05, 0.1) is 12.2 Å². The number of nitrogens with zero attached hydrogens (tertiary/aromatic N) is 1. The van der Waals surface area contributed by atoms with Crippen molar-refractivity contribution in [1.82, 2.24) is 10.6 Å². The van der Waals surface area contributed by atoms with Gasteiger partial charge in [-0.2, -0.15) is 0 Å². The summed E-state index contributed by atoms with van der Waals surface area (Å²) in [6.07, 6.45) is -2.68. The number of nitrogens with one attached hydrogen (secondary N) is 2. The summed E-state index contributed by atoms with van der Waals surface area (Å²) in [6.45, 7) is 10.5. The van der Waals surface area contributed by atoms with E-state index in [2.05, 4.69) is 10.6 Å². The summed E-state index contributed by atoms with van der Waals surface area (Å²) in [5.74, 6) is 1.28. The number of hydrogen-bond acceptors (Lipinski definition) is 18. The molecule has 3 heterocycles. The lowest BCUT2D eigenvalue weighted by atomic mass is 9.78. The largest absolute Gasteiger partial charge is 0.496 e. The zero-order chi connectivity index (χ0) is 45.1. The zero-order valence-electron chi connectivity index (χ0n) is 34.8. The van der Waals surface area contributed by atoms with Gasteiger partial charge in [-0.1, -0.05) is 36.4 Å². The normalized spacial score (nSPS) is 17.4. The van der Waals surface area contributed by atoms with Gasteiger partial charge < -0.3 is 64.2 Å². The Bertz CT molecular complexity index is 1970. The van der Waals surface area contributed by atoms with Crippen LogP contribution in [0, 0.1) is 10.1 Å². The number of nitrogens with two attached hydrogens (primary N) is 3. The standard InChI is InChI=1S/C14H19BN2O7.C14H21BN2O5.C9H13BN2O3/c1-14(2,3)23-13(18)16-8-22-10-6-4-5-9-11(7-17(20)21)24-15(19)12(9)10;1-14(2,3)21-13(18)17-8-20-10-6-4-5-9-11(7-16)22-15(19)12(9)10;11-4-8-6-2-1-3-7(14-5-12)9(6)10(13)15-8/h4-6,11,19H,7-8H2,1-3H3,(H,16,18);4-6,11,19H,7-8,16H2,1-3H3,(H,17,18);1-3,8,13H,4-5,11-12H2. The molecule has 24 heteroatoms. The fourth-order valence-electron chi connectivity index (χ4n) is 6.29. The first-order chi connectivity index (χ1) is 28.8. The Morgan fingerprint density at radius 1 is 0.656 bits per heavy atom. The van der Waals surface area contributed by atoms with Crippen LogP contribution in [-0.4, -0.2) is 105 Å². The number of rotatable bonds is 12. The molecule has 21 nitrogen and oxygen atoms in total. The smallest absolute Gasteiger partial charge is 0.479 e. The van der Waals surface area contributed by atoms with Crippen molar-refractivity contribution in [2.75, 3.05) is 39.8 Å². The molecule has 3 aliphatic heterocycles. The molecule has 0 fully saturated rings. The van der Waals surface area contributed by atoms with Crippen LogP contribution in [0.15, 0.2) is 54.6 Å². The number of benzene rings is 3. The molecule has 0 saturated heterocycles. The van der Waals surface area contributed by atoms with Crippen molar-refractivity contribution in [1.29, 1.82) is 0 Å². The molecular formula is C37H53B3N6O15. The second kappa shape index (κ2) is 21.6. The average molecular weight is 854 g/mol. The van der Waals surface area contributed by atoms with E-state index in [0.717, 1.165) is 11.1 Å². The molecule has 0 radical (unpaired) electrons. The summed E-state index contributed by atoms with van der Waals surface area (Å²) >= 11 is 0. The lowest BCUT2D eigenvalue weighted by Crippen LogP contribution is -2.36. The summed E-state index contributed by atoms with van der Waals surface area (Å²) in [5, 5.41) is 45.2. The van der Waals surface area contributed by atoms with Gasteiger partial charge in [-0.25, -0.2) is 9.59 Å². The minimum Gasteiger partial charge on any atom is -0.479 e. The Hall–Kier alpha value is -5.17. The van der Waals surface area contributed by atoms with Gasteiger partial charge in [0, 0.05) is 34.4 Å². The van der Waals surface area contributed by atoms with E-state index in [1.54, 1.807) is 77.9 Å².